The third kappa shape index (κ3) is 1.76. The van der Waals surface area contributed by atoms with Crippen LogP contribution in [-0.2, 0) is 16.6 Å². The molecule has 1 atom stereocenters. The van der Waals surface area contributed by atoms with Gasteiger partial charge in [0.2, 0.25) is 0 Å². The Morgan fingerprint density at radius 1 is 1.31 bits per heavy atom. The number of rotatable bonds is 4. The van der Waals surface area contributed by atoms with Gasteiger partial charge in [-0.25, -0.2) is 0 Å². The zero-order valence-electron chi connectivity index (χ0n) is 10.2. The van der Waals surface area contributed by atoms with E-state index in [-0.39, 0.29) is 5.41 Å². The summed E-state index contributed by atoms with van der Waals surface area (Å²) in [7, 11) is 0. The second-order valence-electron chi connectivity index (χ2n) is 4.84. The maximum absolute atomic E-state index is 5.81. The van der Waals surface area contributed by atoms with Crippen LogP contribution in [0.4, 0.5) is 0 Å². The predicted molar refractivity (Wildman–Crippen MR) is 66.5 cm³/mol. The average molecular weight is 219 g/mol. The molecule has 0 bridgehead atoms. The van der Waals surface area contributed by atoms with Crippen LogP contribution in [0.25, 0.3) is 0 Å². The Kier molecular flexibility index (Phi) is 3.31. The number of ether oxygens (including phenoxy) is 1. The number of nitrogens with two attached hydrogens (primary N) is 1. The minimum absolute atomic E-state index is 0.168. The molecule has 0 amide bonds. The lowest BCUT2D eigenvalue weighted by Crippen LogP contribution is -2.53. The first kappa shape index (κ1) is 11.6. The summed E-state index contributed by atoms with van der Waals surface area (Å²) >= 11 is 0. The predicted octanol–water partition coefficient (Wildman–Crippen LogP) is 2.11. The molecule has 1 aliphatic rings. The van der Waals surface area contributed by atoms with Gasteiger partial charge in [0, 0.05) is 5.41 Å². The van der Waals surface area contributed by atoms with Crippen molar-refractivity contribution in [3.05, 3.63) is 35.4 Å². The highest BCUT2D eigenvalue weighted by molar-refractivity contribution is 5.32. The summed E-state index contributed by atoms with van der Waals surface area (Å²) in [5, 5.41) is 0. The Morgan fingerprint density at radius 3 is 2.31 bits per heavy atom. The normalized spacial score (nSPS) is 20.2. The fourth-order valence-corrected chi connectivity index (χ4v) is 2.36. The first-order valence-electron chi connectivity index (χ1n) is 6.10. The van der Waals surface area contributed by atoms with Crippen LogP contribution in [0.2, 0.25) is 0 Å². The number of benzene rings is 1. The fraction of sp³-hybridized carbons (Fsp3) is 0.571. The van der Waals surface area contributed by atoms with E-state index < -0.39 is 0 Å². The van der Waals surface area contributed by atoms with Crippen molar-refractivity contribution in [1.82, 2.24) is 0 Å². The lowest BCUT2D eigenvalue weighted by atomic mass is 9.69. The Balaban J connectivity index is 2.26. The van der Waals surface area contributed by atoms with Gasteiger partial charge < -0.3 is 10.5 Å². The van der Waals surface area contributed by atoms with E-state index in [1.54, 1.807) is 0 Å². The van der Waals surface area contributed by atoms with Crippen molar-refractivity contribution in [3.63, 3.8) is 0 Å². The second kappa shape index (κ2) is 4.56. The van der Waals surface area contributed by atoms with Gasteiger partial charge in [-0.1, -0.05) is 38.1 Å². The molecule has 0 aliphatic carbocycles. The van der Waals surface area contributed by atoms with Gasteiger partial charge in [-0.15, -0.1) is 0 Å². The third-order valence-electron chi connectivity index (χ3n) is 3.95. The molecule has 1 unspecified atom stereocenters. The summed E-state index contributed by atoms with van der Waals surface area (Å²) < 4.78 is 5.42. The van der Waals surface area contributed by atoms with Gasteiger partial charge in [-0.2, -0.15) is 0 Å². The van der Waals surface area contributed by atoms with Gasteiger partial charge >= 0.3 is 0 Å². The minimum atomic E-state index is 0.168. The van der Waals surface area contributed by atoms with Gasteiger partial charge in [0.15, 0.2) is 0 Å². The Bertz CT molecular complexity index is 340. The smallest absolute Gasteiger partial charge is 0.0588 e. The van der Waals surface area contributed by atoms with Crippen molar-refractivity contribution in [3.8, 4) is 0 Å². The Labute approximate surface area is 97.8 Å². The van der Waals surface area contributed by atoms with Crippen LogP contribution >= 0.6 is 0 Å². The number of hydrogen-bond acceptors (Lipinski definition) is 2. The molecule has 2 nitrogen and oxygen atoms in total. The van der Waals surface area contributed by atoms with Gasteiger partial charge in [0.05, 0.1) is 13.2 Å². The van der Waals surface area contributed by atoms with E-state index in [9.17, 15) is 0 Å². The fourth-order valence-electron chi connectivity index (χ4n) is 2.36. The maximum Gasteiger partial charge on any atom is 0.0588 e. The van der Waals surface area contributed by atoms with E-state index in [4.69, 9.17) is 10.5 Å². The molecule has 1 saturated heterocycles. The van der Waals surface area contributed by atoms with Crippen molar-refractivity contribution in [2.75, 3.05) is 19.8 Å². The Morgan fingerprint density at radius 2 is 1.94 bits per heavy atom. The first-order chi connectivity index (χ1) is 7.73. The standard InChI is InChI=1S/C14H21NO/c1-3-12-4-6-13(7-5-12)14(9-16-10-14)11(2)8-15/h4-7,11H,3,8-10,15H2,1-2H3. The summed E-state index contributed by atoms with van der Waals surface area (Å²) in [6.07, 6.45) is 1.09. The molecule has 2 rings (SSSR count). The zero-order chi connectivity index (χ0) is 11.6. The van der Waals surface area contributed by atoms with Crippen molar-refractivity contribution < 1.29 is 4.74 Å². The minimum Gasteiger partial charge on any atom is -0.379 e. The van der Waals surface area contributed by atoms with Crippen LogP contribution in [0.5, 0.6) is 0 Å². The summed E-state index contributed by atoms with van der Waals surface area (Å²) in [6.45, 7) is 6.75. The lowest BCUT2D eigenvalue weighted by Gasteiger charge is -2.46. The van der Waals surface area contributed by atoms with Crippen LogP contribution in [0.15, 0.2) is 24.3 Å². The molecule has 2 heteroatoms. The van der Waals surface area contributed by atoms with Gasteiger partial charge in [0.1, 0.15) is 0 Å². The molecule has 1 aromatic carbocycles. The molecule has 0 spiro atoms. The van der Waals surface area contributed by atoms with Crippen LogP contribution in [0.3, 0.4) is 0 Å². The molecule has 0 saturated carbocycles. The van der Waals surface area contributed by atoms with Crippen molar-refractivity contribution in [1.29, 1.82) is 0 Å². The Hall–Kier alpha value is -0.860. The molecule has 0 aromatic heterocycles. The number of aryl methyl sites for hydroxylation is 1. The maximum atomic E-state index is 5.81. The van der Waals surface area contributed by atoms with E-state index in [1.165, 1.54) is 11.1 Å². The molecule has 1 aromatic rings. The van der Waals surface area contributed by atoms with E-state index in [0.717, 1.165) is 26.2 Å². The molecule has 0 radical (unpaired) electrons. The topological polar surface area (TPSA) is 35.2 Å². The van der Waals surface area contributed by atoms with Crippen LogP contribution in [-0.4, -0.2) is 19.8 Å². The second-order valence-corrected chi connectivity index (χ2v) is 4.84. The summed E-state index contributed by atoms with van der Waals surface area (Å²) in [5.74, 6) is 0.480. The highest BCUT2D eigenvalue weighted by Gasteiger charge is 2.44. The van der Waals surface area contributed by atoms with E-state index in [0.29, 0.717) is 5.92 Å². The van der Waals surface area contributed by atoms with Crippen molar-refractivity contribution in [2.24, 2.45) is 11.7 Å². The molecule has 2 N–H and O–H groups in total. The molecule has 88 valence electrons. The lowest BCUT2D eigenvalue weighted by molar-refractivity contribution is -0.0854. The van der Waals surface area contributed by atoms with Crippen LogP contribution in [0.1, 0.15) is 25.0 Å². The molecule has 16 heavy (non-hydrogen) atoms. The monoisotopic (exact) mass is 219 g/mol. The largest absolute Gasteiger partial charge is 0.379 e. The zero-order valence-corrected chi connectivity index (χ0v) is 10.2. The number of hydrogen-bond donors (Lipinski definition) is 1. The highest BCUT2D eigenvalue weighted by atomic mass is 16.5. The van der Waals surface area contributed by atoms with Gasteiger partial charge in [-0.05, 0) is 30.0 Å². The summed E-state index contributed by atoms with van der Waals surface area (Å²) in [4.78, 5) is 0. The quantitative estimate of drug-likeness (QED) is 0.841. The van der Waals surface area contributed by atoms with E-state index in [2.05, 4.69) is 38.1 Å². The molecule has 1 heterocycles. The summed E-state index contributed by atoms with van der Waals surface area (Å²) in [6, 6.07) is 8.93. The molecule has 1 aliphatic heterocycles. The molecule has 1 fully saturated rings. The SMILES string of the molecule is CCc1ccc(C2(C(C)CN)COC2)cc1. The van der Waals surface area contributed by atoms with Gasteiger partial charge in [0.25, 0.3) is 0 Å². The van der Waals surface area contributed by atoms with E-state index >= 15 is 0 Å². The highest BCUT2D eigenvalue weighted by Crippen LogP contribution is 2.39. The van der Waals surface area contributed by atoms with Gasteiger partial charge in [-0.3, -0.25) is 0 Å². The molecular weight excluding hydrogens is 198 g/mol. The summed E-state index contributed by atoms with van der Waals surface area (Å²) in [5.41, 5.74) is 8.74. The van der Waals surface area contributed by atoms with Crippen LogP contribution in [0, 0.1) is 5.92 Å². The average Bonchev–Trinajstić information content (AvgIpc) is 2.28. The van der Waals surface area contributed by atoms with Crippen molar-refractivity contribution >= 4 is 0 Å². The van der Waals surface area contributed by atoms with Crippen molar-refractivity contribution in [2.45, 2.75) is 25.7 Å². The first-order valence-corrected chi connectivity index (χ1v) is 6.10. The third-order valence-corrected chi connectivity index (χ3v) is 3.95. The molecular formula is C14H21NO. The van der Waals surface area contributed by atoms with Crippen LogP contribution < -0.4 is 5.73 Å². The van der Waals surface area contributed by atoms with E-state index in [1.807, 2.05) is 0 Å².